The fourth-order valence-corrected chi connectivity index (χ4v) is 4.25. The predicted octanol–water partition coefficient (Wildman–Crippen LogP) is 0.0521. The normalized spacial score (nSPS) is 11.1. The fraction of sp³-hybridized carbons (Fsp3) is 0.333. The second kappa shape index (κ2) is 7.17. The zero-order chi connectivity index (χ0) is 19.6. The van der Waals surface area contributed by atoms with Gasteiger partial charge in [0.2, 0.25) is 0 Å². The van der Waals surface area contributed by atoms with Gasteiger partial charge in [-0.3, -0.25) is 0 Å². The van der Waals surface area contributed by atoms with Gasteiger partial charge in [-0.05, 0) is 6.92 Å². The smallest absolute Gasteiger partial charge is 0.467 e. The molecule has 1 N–H and O–H groups in total. The Bertz CT molecular complexity index is 1020. The maximum absolute atomic E-state index is 12.5. The predicted molar refractivity (Wildman–Crippen MR) is 87.2 cm³/mol. The summed E-state index contributed by atoms with van der Waals surface area (Å²) in [5.74, 6) is -0.314. The van der Waals surface area contributed by atoms with Crippen molar-refractivity contribution in [3.8, 4) is 11.8 Å². The van der Waals surface area contributed by atoms with Crippen molar-refractivity contribution in [2.75, 3.05) is 14.2 Å². The van der Waals surface area contributed by atoms with E-state index in [1.54, 1.807) is 4.72 Å². The molecule has 0 spiro atoms. The largest absolute Gasteiger partial charge is 0.513 e. The number of rotatable bonds is 4. The van der Waals surface area contributed by atoms with Crippen LogP contribution < -0.4 is 19.9 Å². The molecule has 2 aromatic heterocycles. The summed E-state index contributed by atoms with van der Waals surface area (Å²) in [5.41, 5.74) is -0.914. The maximum atomic E-state index is 12.5. The number of amides is 1. The molecule has 14 heteroatoms. The first-order valence-corrected chi connectivity index (χ1v) is 9.09. The topological polar surface area (TPSA) is 148 Å². The zero-order valence-electron chi connectivity index (χ0n) is 14.0. The van der Waals surface area contributed by atoms with Gasteiger partial charge in [-0.1, -0.05) is 0 Å². The minimum absolute atomic E-state index is 0.191. The number of aryl methyl sites for hydroxylation is 1. The van der Waals surface area contributed by atoms with E-state index < -0.39 is 32.8 Å². The van der Waals surface area contributed by atoms with E-state index in [1.807, 2.05) is 0 Å². The average molecular weight is 406 g/mol. The molecule has 0 unspecified atom stereocenters. The highest BCUT2D eigenvalue weighted by atomic mass is 32.2. The molecule has 0 atom stereocenters. The fourth-order valence-electron chi connectivity index (χ4n) is 1.88. The highest BCUT2D eigenvalue weighted by Gasteiger charge is 2.29. The number of hydrogen-bond donors (Lipinski definition) is 1. The molecule has 0 aliphatic carbocycles. The summed E-state index contributed by atoms with van der Waals surface area (Å²) in [5, 5.41) is 4.83. The van der Waals surface area contributed by atoms with Crippen molar-refractivity contribution in [3.63, 3.8) is 0 Å². The van der Waals surface area contributed by atoms with Crippen molar-refractivity contribution in [1.82, 2.24) is 19.1 Å². The summed E-state index contributed by atoms with van der Waals surface area (Å²) in [6, 6.07) is -1.52. The van der Waals surface area contributed by atoms with E-state index in [0.29, 0.717) is 4.68 Å². The van der Waals surface area contributed by atoms with Crippen LogP contribution in [0.15, 0.2) is 15.1 Å². The summed E-state index contributed by atoms with van der Waals surface area (Å²) in [6.07, 6.45) is -1.13. The molecule has 26 heavy (non-hydrogen) atoms. The first kappa shape index (κ1) is 19.5. The van der Waals surface area contributed by atoms with Crippen molar-refractivity contribution in [2.24, 2.45) is 7.05 Å². The number of aromatic nitrogens is 3. The van der Waals surface area contributed by atoms with Crippen LogP contribution in [0.2, 0.25) is 0 Å². The standard InChI is InChI=1S/C12H14N4O8S2/c1-6-8(7(5-25-6)24-12(19)23-4)26(20,21)14-9(17)16-11(18)15(2)10(13-16)22-3/h5H,1-4H3,(H,14,17). The Labute approximate surface area is 150 Å². The van der Waals surface area contributed by atoms with Crippen molar-refractivity contribution in [1.29, 1.82) is 0 Å². The number of hydrogen-bond acceptors (Lipinski definition) is 10. The number of nitrogens with zero attached hydrogens (tertiary/aromatic N) is 3. The lowest BCUT2D eigenvalue weighted by Crippen LogP contribution is -2.40. The van der Waals surface area contributed by atoms with Gasteiger partial charge < -0.3 is 14.2 Å². The number of carbonyl (C=O) groups is 2. The molecule has 2 rings (SSSR count). The molecule has 0 radical (unpaired) electrons. The lowest BCUT2D eigenvalue weighted by molar-refractivity contribution is 0.120. The quantitative estimate of drug-likeness (QED) is 0.695. The molecule has 0 saturated carbocycles. The van der Waals surface area contributed by atoms with Crippen LogP contribution in [0.3, 0.4) is 0 Å². The number of carbonyl (C=O) groups excluding carboxylic acids is 2. The van der Waals surface area contributed by atoms with Gasteiger partial charge in [0.05, 0.1) is 14.2 Å². The van der Waals surface area contributed by atoms with Crippen LogP contribution in [-0.2, 0) is 21.8 Å². The van der Waals surface area contributed by atoms with Crippen LogP contribution in [0.5, 0.6) is 11.8 Å². The molecule has 2 heterocycles. The summed E-state index contributed by atoms with van der Waals surface area (Å²) in [6.45, 7) is 1.45. The molecule has 0 aliphatic rings. The summed E-state index contributed by atoms with van der Waals surface area (Å²) >= 11 is 0.975. The van der Waals surface area contributed by atoms with Crippen LogP contribution in [0.25, 0.3) is 0 Å². The molecule has 1 amide bonds. The van der Waals surface area contributed by atoms with Gasteiger partial charge in [0, 0.05) is 17.3 Å². The summed E-state index contributed by atoms with van der Waals surface area (Å²) < 4.78 is 41.8. The average Bonchev–Trinajstić information content (AvgIpc) is 3.08. The highest BCUT2D eigenvalue weighted by Crippen LogP contribution is 2.33. The molecule has 0 aliphatic heterocycles. The van der Waals surface area contributed by atoms with E-state index in [2.05, 4.69) is 9.84 Å². The molecule has 0 saturated heterocycles. The Balaban J connectivity index is 2.38. The van der Waals surface area contributed by atoms with Crippen LogP contribution >= 0.6 is 11.3 Å². The molecule has 142 valence electrons. The van der Waals surface area contributed by atoms with E-state index >= 15 is 0 Å². The molecule has 0 bridgehead atoms. The Kier molecular flexibility index (Phi) is 5.36. The van der Waals surface area contributed by atoms with E-state index in [0.717, 1.165) is 23.0 Å². The third-order valence-electron chi connectivity index (χ3n) is 3.05. The van der Waals surface area contributed by atoms with Gasteiger partial charge in [-0.15, -0.1) is 21.1 Å². The SMILES string of the molecule is COC(=O)Oc1csc(C)c1S(=O)(=O)NC(=O)n1nc(OC)n(C)c1=O. The van der Waals surface area contributed by atoms with Crippen molar-refractivity contribution in [3.05, 3.63) is 20.7 Å². The zero-order valence-corrected chi connectivity index (χ0v) is 15.6. The minimum Gasteiger partial charge on any atom is -0.467 e. The van der Waals surface area contributed by atoms with Crippen molar-refractivity contribution < 1.29 is 32.2 Å². The molecule has 0 fully saturated rings. The second-order valence-corrected chi connectivity index (χ2v) is 7.40. The molecule has 0 aromatic carbocycles. The van der Waals surface area contributed by atoms with E-state index in [-0.39, 0.29) is 16.6 Å². The Morgan fingerprint density at radius 1 is 1.31 bits per heavy atom. The van der Waals surface area contributed by atoms with Gasteiger partial charge in [0.15, 0.2) is 5.75 Å². The molecule has 12 nitrogen and oxygen atoms in total. The second-order valence-electron chi connectivity index (χ2n) is 4.69. The van der Waals surface area contributed by atoms with E-state index in [4.69, 9.17) is 9.47 Å². The summed E-state index contributed by atoms with van der Waals surface area (Å²) in [7, 11) is -0.907. The first-order valence-electron chi connectivity index (χ1n) is 6.73. The molecular weight excluding hydrogens is 392 g/mol. The number of ether oxygens (including phenoxy) is 3. The van der Waals surface area contributed by atoms with Gasteiger partial charge in [-0.2, -0.15) is 0 Å². The first-order chi connectivity index (χ1) is 12.1. The van der Waals surface area contributed by atoms with Crippen molar-refractivity contribution >= 4 is 33.5 Å². The molecule has 2 aromatic rings. The minimum atomic E-state index is -4.48. The summed E-state index contributed by atoms with van der Waals surface area (Å²) in [4.78, 5) is 35.1. The Morgan fingerprint density at radius 3 is 2.50 bits per heavy atom. The monoisotopic (exact) mass is 406 g/mol. The molecular formula is C12H14N4O8S2. The van der Waals surface area contributed by atoms with E-state index in [9.17, 15) is 22.8 Å². The number of thiophene rings is 1. The van der Waals surface area contributed by atoms with Gasteiger partial charge >= 0.3 is 23.9 Å². The lowest BCUT2D eigenvalue weighted by atomic mass is 10.5. The van der Waals surface area contributed by atoms with Gasteiger partial charge in [-0.25, -0.2) is 32.1 Å². The Morgan fingerprint density at radius 2 is 1.96 bits per heavy atom. The van der Waals surface area contributed by atoms with Crippen LogP contribution in [-0.4, -0.2) is 49.2 Å². The van der Waals surface area contributed by atoms with Gasteiger partial charge in [0.25, 0.3) is 10.0 Å². The van der Waals surface area contributed by atoms with Crippen LogP contribution in [0.4, 0.5) is 9.59 Å². The van der Waals surface area contributed by atoms with Crippen LogP contribution in [0.1, 0.15) is 4.88 Å². The lowest BCUT2D eigenvalue weighted by Gasteiger charge is -2.08. The third-order valence-corrected chi connectivity index (χ3v) is 5.56. The highest BCUT2D eigenvalue weighted by molar-refractivity contribution is 7.90. The van der Waals surface area contributed by atoms with Gasteiger partial charge in [0.1, 0.15) is 4.90 Å². The van der Waals surface area contributed by atoms with Crippen molar-refractivity contribution in [2.45, 2.75) is 11.8 Å². The number of methoxy groups -OCH3 is 2. The van der Waals surface area contributed by atoms with E-state index in [1.165, 1.54) is 26.5 Å². The Hall–Kier alpha value is -2.87. The number of nitrogens with one attached hydrogen (secondary N) is 1. The van der Waals surface area contributed by atoms with Crippen LogP contribution in [0, 0.1) is 6.92 Å². The maximum Gasteiger partial charge on any atom is 0.513 e. The number of sulfonamides is 1. The third kappa shape index (κ3) is 3.55.